The summed E-state index contributed by atoms with van der Waals surface area (Å²) in [7, 11) is 1.24. The maximum Gasteiger partial charge on any atom is 0.367 e. The van der Waals surface area contributed by atoms with E-state index in [-0.39, 0.29) is 16.1 Å². The molecule has 5 nitrogen and oxygen atoms in total. The topological polar surface area (TPSA) is 76.5 Å². The van der Waals surface area contributed by atoms with Crippen LogP contribution in [-0.4, -0.2) is 29.1 Å². The monoisotopic (exact) mass is 257 g/mol. The highest BCUT2D eigenvalue weighted by atomic mass is 32.1. The molecule has 1 aromatic heterocycles. The van der Waals surface area contributed by atoms with Gasteiger partial charge in [-0.3, -0.25) is 0 Å². The number of carbonyl (C=O) groups is 2. The summed E-state index contributed by atoms with van der Waals surface area (Å²) in [5.74, 6) is -1.71. The number of carboxylic acids is 1. The third-order valence-electron chi connectivity index (χ3n) is 1.95. The maximum absolute atomic E-state index is 11.3. The van der Waals surface area contributed by atoms with Gasteiger partial charge in [-0.1, -0.05) is 20.8 Å². The van der Waals surface area contributed by atoms with Gasteiger partial charge >= 0.3 is 11.9 Å². The van der Waals surface area contributed by atoms with E-state index in [2.05, 4.69) is 9.72 Å². The van der Waals surface area contributed by atoms with Crippen LogP contribution in [0.1, 0.15) is 45.9 Å². The second-order valence-electron chi connectivity index (χ2n) is 4.82. The van der Waals surface area contributed by atoms with Crippen molar-refractivity contribution >= 4 is 23.3 Å². The van der Waals surface area contributed by atoms with E-state index in [4.69, 9.17) is 5.11 Å². The van der Waals surface area contributed by atoms with Crippen LogP contribution in [0.15, 0.2) is 0 Å². The average molecular weight is 257 g/mol. The Bertz CT molecular complexity index is 445. The first-order valence-corrected chi connectivity index (χ1v) is 5.87. The lowest BCUT2D eigenvalue weighted by molar-refractivity contribution is 0.0600. The van der Waals surface area contributed by atoms with Crippen molar-refractivity contribution < 1.29 is 19.4 Å². The molecule has 0 aliphatic carbocycles. The SMILES string of the molecule is COC(=O)c1nc(C(=O)O)c(CC(C)(C)C)s1. The Morgan fingerprint density at radius 3 is 2.41 bits per heavy atom. The molecule has 0 unspecified atom stereocenters. The van der Waals surface area contributed by atoms with Crippen LogP contribution in [0.5, 0.6) is 0 Å². The predicted octanol–water partition coefficient (Wildman–Crippen LogP) is 2.22. The van der Waals surface area contributed by atoms with Crippen LogP contribution in [0.2, 0.25) is 0 Å². The third-order valence-corrected chi connectivity index (χ3v) is 2.99. The molecule has 1 aromatic rings. The number of rotatable bonds is 3. The molecule has 0 atom stereocenters. The second-order valence-corrected chi connectivity index (χ2v) is 5.91. The molecule has 0 saturated carbocycles. The van der Waals surface area contributed by atoms with Crippen molar-refractivity contribution in [1.29, 1.82) is 0 Å². The molecule has 1 heterocycles. The minimum atomic E-state index is -1.12. The first kappa shape index (κ1) is 13.6. The Balaban J connectivity index is 3.14. The fourth-order valence-electron chi connectivity index (χ4n) is 1.29. The Morgan fingerprint density at radius 2 is 2.00 bits per heavy atom. The first-order chi connectivity index (χ1) is 7.74. The van der Waals surface area contributed by atoms with Crippen molar-refractivity contribution in [3.63, 3.8) is 0 Å². The molecule has 0 aliphatic rings. The number of thiazole rings is 1. The van der Waals surface area contributed by atoms with Gasteiger partial charge in [0.15, 0.2) is 5.69 Å². The molecular weight excluding hydrogens is 242 g/mol. The second kappa shape index (κ2) is 4.83. The van der Waals surface area contributed by atoms with Crippen molar-refractivity contribution in [3.05, 3.63) is 15.6 Å². The van der Waals surface area contributed by atoms with E-state index in [1.807, 2.05) is 20.8 Å². The average Bonchev–Trinajstić information content (AvgIpc) is 2.57. The van der Waals surface area contributed by atoms with E-state index in [0.29, 0.717) is 11.3 Å². The number of hydrogen-bond acceptors (Lipinski definition) is 5. The zero-order chi connectivity index (χ0) is 13.2. The molecule has 1 rings (SSSR count). The van der Waals surface area contributed by atoms with Gasteiger partial charge in [0.25, 0.3) is 0 Å². The lowest BCUT2D eigenvalue weighted by Gasteiger charge is -2.16. The molecule has 0 fully saturated rings. The van der Waals surface area contributed by atoms with Gasteiger partial charge in [-0.15, -0.1) is 11.3 Å². The van der Waals surface area contributed by atoms with E-state index in [9.17, 15) is 9.59 Å². The van der Waals surface area contributed by atoms with Gasteiger partial charge in [0, 0.05) is 4.88 Å². The van der Waals surface area contributed by atoms with Crippen LogP contribution >= 0.6 is 11.3 Å². The number of aromatic nitrogens is 1. The third kappa shape index (κ3) is 3.52. The summed E-state index contributed by atoms with van der Waals surface area (Å²) in [6.45, 7) is 5.99. The lowest BCUT2D eigenvalue weighted by atomic mass is 9.91. The number of esters is 1. The standard InChI is InChI=1S/C11H15NO4S/c1-11(2,3)5-6-7(9(13)14)12-8(17-6)10(15)16-4/h5H2,1-4H3,(H,13,14). The minimum absolute atomic E-state index is 0.0506. The van der Waals surface area contributed by atoms with Crippen LogP contribution < -0.4 is 0 Å². The fourth-order valence-corrected chi connectivity index (χ4v) is 2.57. The number of carbonyl (C=O) groups excluding carboxylic acids is 1. The Kier molecular flexibility index (Phi) is 3.87. The highest BCUT2D eigenvalue weighted by Crippen LogP contribution is 2.28. The van der Waals surface area contributed by atoms with E-state index in [1.165, 1.54) is 7.11 Å². The normalized spacial score (nSPS) is 11.3. The highest BCUT2D eigenvalue weighted by molar-refractivity contribution is 7.13. The zero-order valence-electron chi connectivity index (χ0n) is 10.2. The quantitative estimate of drug-likeness (QED) is 0.840. The van der Waals surface area contributed by atoms with Gasteiger partial charge in [0.05, 0.1) is 7.11 Å². The van der Waals surface area contributed by atoms with Gasteiger partial charge in [-0.2, -0.15) is 0 Å². The molecule has 0 spiro atoms. The van der Waals surface area contributed by atoms with Crippen LogP contribution in [0, 0.1) is 5.41 Å². The summed E-state index contributed by atoms with van der Waals surface area (Å²) in [6.07, 6.45) is 0.559. The van der Waals surface area contributed by atoms with Crippen LogP contribution in [0.3, 0.4) is 0 Å². The van der Waals surface area contributed by atoms with E-state index in [1.54, 1.807) is 0 Å². The van der Waals surface area contributed by atoms with Crippen molar-refractivity contribution in [2.45, 2.75) is 27.2 Å². The van der Waals surface area contributed by atoms with E-state index >= 15 is 0 Å². The number of aromatic carboxylic acids is 1. The Morgan fingerprint density at radius 1 is 1.41 bits per heavy atom. The Labute approximate surface area is 103 Å². The smallest absolute Gasteiger partial charge is 0.367 e. The predicted molar refractivity (Wildman–Crippen MR) is 63.6 cm³/mol. The van der Waals surface area contributed by atoms with Crippen molar-refractivity contribution in [3.8, 4) is 0 Å². The number of nitrogens with zero attached hydrogens (tertiary/aromatic N) is 1. The van der Waals surface area contributed by atoms with Gasteiger partial charge in [0.2, 0.25) is 5.01 Å². The van der Waals surface area contributed by atoms with Crippen molar-refractivity contribution in [2.75, 3.05) is 7.11 Å². The van der Waals surface area contributed by atoms with Crippen LogP contribution in [0.25, 0.3) is 0 Å². The van der Waals surface area contributed by atoms with E-state index in [0.717, 1.165) is 11.3 Å². The van der Waals surface area contributed by atoms with Crippen molar-refractivity contribution in [1.82, 2.24) is 4.98 Å². The molecule has 0 radical (unpaired) electrons. The van der Waals surface area contributed by atoms with Crippen molar-refractivity contribution in [2.24, 2.45) is 5.41 Å². The summed E-state index contributed by atoms with van der Waals surface area (Å²) >= 11 is 1.08. The molecule has 6 heteroatoms. The molecule has 94 valence electrons. The molecule has 0 amide bonds. The molecule has 0 aliphatic heterocycles. The lowest BCUT2D eigenvalue weighted by Crippen LogP contribution is -2.11. The maximum atomic E-state index is 11.3. The zero-order valence-corrected chi connectivity index (χ0v) is 11.1. The summed E-state index contributed by atoms with van der Waals surface area (Å²) in [5, 5.41) is 9.11. The molecule has 1 N–H and O–H groups in total. The van der Waals surface area contributed by atoms with Gasteiger partial charge < -0.3 is 9.84 Å². The molecule has 0 saturated heterocycles. The Hall–Kier alpha value is -1.43. The minimum Gasteiger partial charge on any atom is -0.476 e. The number of hydrogen-bond donors (Lipinski definition) is 1. The summed E-state index contributed by atoms with van der Waals surface area (Å²) < 4.78 is 4.53. The van der Waals surface area contributed by atoms with Gasteiger partial charge in [0.1, 0.15) is 0 Å². The number of ether oxygens (including phenoxy) is 1. The van der Waals surface area contributed by atoms with Gasteiger partial charge in [-0.05, 0) is 11.8 Å². The molecular formula is C11H15NO4S. The molecule has 0 bridgehead atoms. The number of methoxy groups -OCH3 is 1. The summed E-state index contributed by atoms with van der Waals surface area (Å²) in [4.78, 5) is 26.7. The molecule has 17 heavy (non-hydrogen) atoms. The first-order valence-electron chi connectivity index (χ1n) is 5.06. The van der Waals surface area contributed by atoms with Crippen LogP contribution in [0.4, 0.5) is 0 Å². The summed E-state index contributed by atoms with van der Waals surface area (Å²) in [5.41, 5.74) is -0.116. The summed E-state index contributed by atoms with van der Waals surface area (Å²) in [6, 6.07) is 0. The fraction of sp³-hybridized carbons (Fsp3) is 0.545. The molecule has 0 aromatic carbocycles. The highest BCUT2D eigenvalue weighted by Gasteiger charge is 2.24. The van der Waals surface area contributed by atoms with Gasteiger partial charge in [-0.25, -0.2) is 14.6 Å². The van der Waals surface area contributed by atoms with E-state index < -0.39 is 11.9 Å². The number of carboxylic acid groups (broad SMARTS) is 1. The largest absolute Gasteiger partial charge is 0.476 e. The van der Waals surface area contributed by atoms with Crippen LogP contribution in [-0.2, 0) is 11.2 Å².